The van der Waals surface area contributed by atoms with Crippen molar-refractivity contribution in [3.05, 3.63) is 11.1 Å². The van der Waals surface area contributed by atoms with E-state index in [4.69, 9.17) is 0 Å². The number of carbonyl (C=O) groups excluding carboxylic acids is 1. The maximum Gasteiger partial charge on any atom is 0.434 e. The normalized spacial score (nSPS) is 16.7. The number of hydrogen-bond acceptors (Lipinski definition) is 4. The summed E-state index contributed by atoms with van der Waals surface area (Å²) in [6.45, 7) is 1.20. The van der Waals surface area contributed by atoms with Crippen LogP contribution in [0, 0.1) is 0 Å². The zero-order chi connectivity index (χ0) is 16.5. The van der Waals surface area contributed by atoms with Crippen molar-refractivity contribution in [2.75, 3.05) is 39.1 Å². The van der Waals surface area contributed by atoms with Crippen molar-refractivity contribution in [3.8, 4) is 0 Å². The Bertz CT molecular complexity index is 524. The van der Waals surface area contributed by atoms with Crippen molar-refractivity contribution >= 4 is 22.5 Å². The minimum atomic E-state index is -4.40. The molecule has 0 atom stereocenters. The maximum absolute atomic E-state index is 12.6. The molecular formula is C13H19F3N4OS. The van der Waals surface area contributed by atoms with Gasteiger partial charge in [-0.15, -0.1) is 11.3 Å². The fraction of sp³-hybridized carbons (Fsp3) is 0.692. The first kappa shape index (κ1) is 16.9. The number of piperidine rings is 1. The van der Waals surface area contributed by atoms with Crippen molar-refractivity contribution < 1.29 is 18.0 Å². The number of alkyl halides is 3. The van der Waals surface area contributed by atoms with Crippen LogP contribution in [0.1, 0.15) is 18.5 Å². The SMILES string of the molecule is CN(C)C(=O)N(C)C1CCN(c2nc(C(F)(F)F)cs2)CC1. The number of urea groups is 1. The summed E-state index contributed by atoms with van der Waals surface area (Å²) in [5, 5.41) is 1.44. The minimum Gasteiger partial charge on any atom is -0.348 e. The molecule has 2 amide bonds. The van der Waals surface area contributed by atoms with Crippen molar-refractivity contribution in [2.45, 2.75) is 25.1 Å². The fourth-order valence-electron chi connectivity index (χ4n) is 2.46. The van der Waals surface area contributed by atoms with Crippen LogP contribution < -0.4 is 4.90 Å². The zero-order valence-electron chi connectivity index (χ0n) is 12.7. The van der Waals surface area contributed by atoms with E-state index in [1.807, 2.05) is 4.90 Å². The van der Waals surface area contributed by atoms with Crippen LogP contribution in [-0.2, 0) is 6.18 Å². The number of hydrogen-bond donors (Lipinski definition) is 0. The van der Waals surface area contributed by atoms with E-state index in [-0.39, 0.29) is 12.1 Å². The Kier molecular flexibility index (Phi) is 4.84. The van der Waals surface area contributed by atoms with Crippen LogP contribution in [0.4, 0.5) is 23.1 Å². The lowest BCUT2D eigenvalue weighted by atomic mass is 10.0. The van der Waals surface area contributed by atoms with Gasteiger partial charge in [-0.25, -0.2) is 9.78 Å². The highest BCUT2D eigenvalue weighted by atomic mass is 32.1. The topological polar surface area (TPSA) is 39.7 Å². The van der Waals surface area contributed by atoms with E-state index in [1.54, 1.807) is 26.0 Å². The van der Waals surface area contributed by atoms with Gasteiger partial charge in [-0.2, -0.15) is 13.2 Å². The van der Waals surface area contributed by atoms with Gasteiger partial charge < -0.3 is 14.7 Å². The minimum absolute atomic E-state index is 0.0629. The Morgan fingerprint density at radius 2 is 1.91 bits per heavy atom. The van der Waals surface area contributed by atoms with Crippen LogP contribution in [0.2, 0.25) is 0 Å². The summed E-state index contributed by atoms with van der Waals surface area (Å²) in [5.74, 6) is 0. The average Bonchev–Trinajstić information content (AvgIpc) is 2.95. The Labute approximate surface area is 131 Å². The van der Waals surface area contributed by atoms with E-state index in [1.165, 1.54) is 4.90 Å². The first-order valence-corrected chi connectivity index (χ1v) is 7.80. The van der Waals surface area contributed by atoms with Gasteiger partial charge in [0.05, 0.1) is 0 Å². The molecule has 0 aliphatic carbocycles. The summed E-state index contributed by atoms with van der Waals surface area (Å²) in [7, 11) is 5.15. The second-order valence-corrected chi connectivity index (χ2v) is 6.36. The lowest BCUT2D eigenvalue weighted by molar-refractivity contribution is -0.140. The summed E-state index contributed by atoms with van der Waals surface area (Å²) < 4.78 is 37.7. The Balaban J connectivity index is 1.95. The molecule has 0 bridgehead atoms. The van der Waals surface area contributed by atoms with Crippen molar-refractivity contribution in [1.82, 2.24) is 14.8 Å². The van der Waals surface area contributed by atoms with E-state index in [2.05, 4.69) is 4.98 Å². The molecule has 124 valence electrons. The van der Waals surface area contributed by atoms with Gasteiger partial charge in [0.25, 0.3) is 0 Å². The number of amides is 2. The smallest absolute Gasteiger partial charge is 0.348 e. The summed E-state index contributed by atoms with van der Waals surface area (Å²) in [6.07, 6.45) is -2.96. The van der Waals surface area contributed by atoms with Gasteiger partial charge in [0.15, 0.2) is 10.8 Å². The van der Waals surface area contributed by atoms with E-state index >= 15 is 0 Å². The summed E-state index contributed by atoms with van der Waals surface area (Å²) in [4.78, 5) is 20.6. The second-order valence-electron chi connectivity index (χ2n) is 5.52. The third-order valence-electron chi connectivity index (χ3n) is 3.75. The molecule has 2 heterocycles. The van der Waals surface area contributed by atoms with E-state index in [0.717, 1.165) is 29.6 Å². The van der Waals surface area contributed by atoms with Crippen LogP contribution in [0.5, 0.6) is 0 Å². The van der Waals surface area contributed by atoms with Gasteiger partial charge in [-0.05, 0) is 12.8 Å². The number of halogens is 3. The first-order chi connectivity index (χ1) is 10.2. The van der Waals surface area contributed by atoms with Crippen molar-refractivity contribution in [3.63, 3.8) is 0 Å². The molecule has 22 heavy (non-hydrogen) atoms. The number of thiazole rings is 1. The number of carbonyl (C=O) groups is 1. The molecule has 1 aliphatic heterocycles. The van der Waals surface area contributed by atoms with Crippen LogP contribution in [0.25, 0.3) is 0 Å². The van der Waals surface area contributed by atoms with Crippen molar-refractivity contribution in [1.29, 1.82) is 0 Å². The highest BCUT2D eigenvalue weighted by molar-refractivity contribution is 7.13. The van der Waals surface area contributed by atoms with Crippen LogP contribution >= 0.6 is 11.3 Å². The molecule has 0 spiro atoms. The molecule has 0 unspecified atom stereocenters. The zero-order valence-corrected chi connectivity index (χ0v) is 13.5. The molecule has 1 aromatic heterocycles. The van der Waals surface area contributed by atoms with E-state index in [9.17, 15) is 18.0 Å². The van der Waals surface area contributed by atoms with Crippen LogP contribution in [0.15, 0.2) is 5.38 Å². The van der Waals surface area contributed by atoms with Gasteiger partial charge in [0, 0.05) is 45.7 Å². The average molecular weight is 336 g/mol. The Hall–Kier alpha value is -1.51. The highest BCUT2D eigenvalue weighted by Crippen LogP contribution is 2.34. The number of aromatic nitrogens is 1. The molecular weight excluding hydrogens is 317 g/mol. The third-order valence-corrected chi connectivity index (χ3v) is 4.65. The van der Waals surface area contributed by atoms with Crippen molar-refractivity contribution in [2.24, 2.45) is 0 Å². The molecule has 1 aromatic rings. The molecule has 0 saturated carbocycles. The number of nitrogens with zero attached hydrogens (tertiary/aromatic N) is 4. The van der Waals surface area contributed by atoms with Gasteiger partial charge in [-0.1, -0.05) is 0 Å². The van der Waals surface area contributed by atoms with Gasteiger partial charge in [0.2, 0.25) is 0 Å². The molecule has 2 rings (SSSR count). The lowest BCUT2D eigenvalue weighted by Crippen LogP contribution is -2.48. The van der Waals surface area contributed by atoms with E-state index in [0.29, 0.717) is 18.2 Å². The molecule has 1 saturated heterocycles. The van der Waals surface area contributed by atoms with Gasteiger partial charge in [0.1, 0.15) is 0 Å². The molecule has 0 aromatic carbocycles. The highest BCUT2D eigenvalue weighted by Gasteiger charge is 2.35. The first-order valence-electron chi connectivity index (χ1n) is 6.92. The monoisotopic (exact) mass is 336 g/mol. The number of rotatable bonds is 2. The summed E-state index contributed by atoms with van der Waals surface area (Å²) in [6, 6.07) is 0.0419. The summed E-state index contributed by atoms with van der Waals surface area (Å²) in [5.41, 5.74) is -0.838. The third kappa shape index (κ3) is 3.63. The Morgan fingerprint density at radius 1 is 1.32 bits per heavy atom. The molecule has 9 heteroatoms. The second kappa shape index (κ2) is 6.31. The van der Waals surface area contributed by atoms with E-state index < -0.39 is 11.9 Å². The van der Waals surface area contributed by atoms with Gasteiger partial charge >= 0.3 is 12.2 Å². The van der Waals surface area contributed by atoms with Crippen LogP contribution in [0.3, 0.4) is 0 Å². The molecule has 1 aliphatic rings. The maximum atomic E-state index is 12.6. The standard InChI is InChI=1S/C13H19F3N4OS/c1-18(2)12(21)19(3)9-4-6-20(7-5-9)11-17-10(8-22-11)13(14,15)16/h8-9H,4-7H2,1-3H3. The fourth-order valence-corrected chi connectivity index (χ4v) is 3.34. The lowest BCUT2D eigenvalue weighted by Gasteiger charge is -2.37. The quantitative estimate of drug-likeness (QED) is 0.834. The predicted molar refractivity (Wildman–Crippen MR) is 79.2 cm³/mol. The molecule has 5 nitrogen and oxygen atoms in total. The Morgan fingerprint density at radius 3 is 2.36 bits per heavy atom. The number of anilines is 1. The van der Waals surface area contributed by atoms with Gasteiger partial charge in [-0.3, -0.25) is 0 Å². The molecule has 0 radical (unpaired) electrons. The summed E-state index contributed by atoms with van der Waals surface area (Å²) >= 11 is 1.01. The largest absolute Gasteiger partial charge is 0.434 e. The molecule has 1 fully saturated rings. The predicted octanol–water partition coefficient (Wildman–Crippen LogP) is 2.74. The molecule has 0 N–H and O–H groups in total. The van der Waals surface area contributed by atoms with Crippen LogP contribution in [-0.4, -0.2) is 61.1 Å².